The fraction of sp³-hybridized carbons (Fsp3) is 0.333. The second kappa shape index (κ2) is 9.58. The van der Waals surface area contributed by atoms with Gasteiger partial charge in [-0.25, -0.2) is 14.5 Å². The summed E-state index contributed by atoms with van der Waals surface area (Å²) < 4.78 is 1.48. The predicted octanol–water partition coefficient (Wildman–Crippen LogP) is -0.753. The molecule has 33 heavy (non-hydrogen) atoms. The first kappa shape index (κ1) is 22.7. The number of pyridine rings is 1. The molecule has 2 atom stereocenters. The van der Waals surface area contributed by atoms with Crippen LogP contribution in [0.4, 0.5) is 5.82 Å². The molecule has 13 nitrogen and oxygen atoms in total. The van der Waals surface area contributed by atoms with Crippen LogP contribution < -0.4 is 10.6 Å². The van der Waals surface area contributed by atoms with E-state index in [0.29, 0.717) is 40.2 Å². The molecule has 0 aliphatic carbocycles. The van der Waals surface area contributed by atoms with Gasteiger partial charge in [0.15, 0.2) is 0 Å². The molecule has 2 aliphatic heterocycles. The van der Waals surface area contributed by atoms with E-state index in [-0.39, 0.29) is 12.1 Å². The highest BCUT2D eigenvalue weighted by atomic mass is 32.2. The summed E-state index contributed by atoms with van der Waals surface area (Å²) in [7, 11) is 1.68. The van der Waals surface area contributed by atoms with Gasteiger partial charge in [0.25, 0.3) is 5.91 Å². The Morgan fingerprint density at radius 3 is 2.91 bits per heavy atom. The van der Waals surface area contributed by atoms with E-state index in [0.717, 1.165) is 0 Å². The van der Waals surface area contributed by atoms with Crippen molar-refractivity contribution in [3.05, 3.63) is 35.2 Å². The zero-order valence-corrected chi connectivity index (χ0v) is 18.8. The van der Waals surface area contributed by atoms with E-state index >= 15 is 0 Å². The Kier molecular flexibility index (Phi) is 6.60. The number of nitrogens with one attached hydrogen (secondary N) is 2. The summed E-state index contributed by atoms with van der Waals surface area (Å²) >= 11 is 2.66. The largest absolute Gasteiger partial charge is 0.477 e. The number of carbonyl (C=O) groups is 4. The number of aryl methyl sites for hydroxylation is 1. The van der Waals surface area contributed by atoms with Gasteiger partial charge in [0.05, 0.1) is 12.1 Å². The van der Waals surface area contributed by atoms with Crippen LogP contribution in [0, 0.1) is 0 Å². The Bertz CT molecular complexity index is 1150. The van der Waals surface area contributed by atoms with Gasteiger partial charge < -0.3 is 15.7 Å². The Morgan fingerprint density at radius 2 is 2.21 bits per heavy atom. The molecule has 0 saturated carbocycles. The maximum absolute atomic E-state index is 12.8. The first-order valence-corrected chi connectivity index (χ1v) is 11.6. The van der Waals surface area contributed by atoms with Gasteiger partial charge >= 0.3 is 5.97 Å². The van der Waals surface area contributed by atoms with Crippen LogP contribution in [0.1, 0.15) is 5.69 Å². The van der Waals surface area contributed by atoms with Crippen LogP contribution in [0.15, 0.2) is 34.6 Å². The highest BCUT2D eigenvalue weighted by Crippen LogP contribution is 2.41. The molecule has 0 spiro atoms. The van der Waals surface area contributed by atoms with E-state index in [2.05, 4.69) is 31.1 Å². The van der Waals surface area contributed by atoms with Gasteiger partial charge in [0.1, 0.15) is 22.9 Å². The van der Waals surface area contributed by atoms with Crippen molar-refractivity contribution in [1.29, 1.82) is 0 Å². The van der Waals surface area contributed by atoms with Crippen molar-refractivity contribution in [1.82, 2.24) is 35.4 Å². The van der Waals surface area contributed by atoms with Crippen LogP contribution in [-0.4, -0.2) is 82.3 Å². The van der Waals surface area contributed by atoms with E-state index in [1.54, 1.807) is 25.2 Å². The third-order valence-electron chi connectivity index (χ3n) is 4.88. The molecule has 0 radical (unpaired) electrons. The molecule has 3 amide bonds. The number of fused-ring (bicyclic) bond motifs is 1. The van der Waals surface area contributed by atoms with Crippen molar-refractivity contribution in [2.24, 2.45) is 7.05 Å². The van der Waals surface area contributed by atoms with Gasteiger partial charge in [-0.15, -0.1) is 16.9 Å². The molecule has 1 saturated heterocycles. The average Bonchev–Trinajstić information content (AvgIpc) is 3.20. The number of aliphatic carboxylic acids is 1. The predicted molar refractivity (Wildman–Crippen MR) is 117 cm³/mol. The molecule has 1 fully saturated rings. The standard InChI is InChI=1S/C18H18N8O5S2/c1-25-18(22-23-24-25)33-7-9-6-32-16-13(15(29)26(16)14(9)17(30)31)21-12(28)5-10-3-2-4-11(20-10)19-8-27/h2-4,8,13,16H,5-7H2,1H3,(H,21,28)(H,30,31)(H,19,20,27)/t13?,16-/m0/s1. The third kappa shape index (κ3) is 4.68. The Hall–Kier alpha value is -3.46. The molecule has 0 bridgehead atoms. The maximum Gasteiger partial charge on any atom is 0.352 e. The molecular weight excluding hydrogens is 472 g/mol. The normalized spacial score (nSPS) is 19.5. The number of nitrogens with zero attached hydrogens (tertiary/aromatic N) is 6. The number of hydrogen-bond acceptors (Lipinski definition) is 10. The summed E-state index contributed by atoms with van der Waals surface area (Å²) in [5, 5.41) is 26.0. The molecule has 0 aromatic carbocycles. The number of carbonyl (C=O) groups excluding carboxylic acids is 3. The third-order valence-corrected chi connectivity index (χ3v) is 7.31. The molecule has 2 aliphatic rings. The fourth-order valence-corrected chi connectivity index (χ4v) is 5.73. The zero-order valence-electron chi connectivity index (χ0n) is 17.2. The van der Waals surface area contributed by atoms with E-state index in [1.165, 1.54) is 33.1 Å². The summed E-state index contributed by atoms with van der Waals surface area (Å²) in [6, 6.07) is 4.03. The van der Waals surface area contributed by atoms with Crippen LogP contribution in [0.5, 0.6) is 0 Å². The van der Waals surface area contributed by atoms with Gasteiger partial charge in [-0.1, -0.05) is 17.8 Å². The highest BCUT2D eigenvalue weighted by Gasteiger charge is 2.54. The van der Waals surface area contributed by atoms with Gasteiger partial charge in [0, 0.05) is 18.6 Å². The van der Waals surface area contributed by atoms with Crippen molar-refractivity contribution >= 4 is 53.5 Å². The topological polar surface area (TPSA) is 172 Å². The monoisotopic (exact) mass is 490 g/mol. The first-order chi connectivity index (χ1) is 15.9. The molecule has 4 rings (SSSR count). The van der Waals surface area contributed by atoms with Crippen LogP contribution in [0.25, 0.3) is 0 Å². The second-order valence-corrected chi connectivity index (χ2v) is 9.09. The number of anilines is 1. The summed E-state index contributed by atoms with van der Waals surface area (Å²) in [5.74, 6) is -1.10. The summed E-state index contributed by atoms with van der Waals surface area (Å²) in [4.78, 5) is 53.1. The minimum atomic E-state index is -1.20. The highest BCUT2D eigenvalue weighted by molar-refractivity contribution is 8.01. The van der Waals surface area contributed by atoms with Gasteiger partial charge in [-0.2, -0.15) is 0 Å². The Labute approximate surface area is 195 Å². The first-order valence-electron chi connectivity index (χ1n) is 9.59. The number of carboxylic acids is 1. The molecule has 2 aromatic heterocycles. The van der Waals surface area contributed by atoms with E-state index in [9.17, 15) is 24.3 Å². The lowest BCUT2D eigenvalue weighted by Crippen LogP contribution is -2.70. The SMILES string of the molecule is Cn1nnnc1SCC1=C(C(=O)O)N2C(=O)C(NC(=O)Cc3cccc(NC=O)n3)[C@@H]2SC1. The van der Waals surface area contributed by atoms with Gasteiger partial charge in [-0.05, 0) is 28.1 Å². The smallest absolute Gasteiger partial charge is 0.352 e. The summed E-state index contributed by atoms with van der Waals surface area (Å²) in [6.07, 6.45) is 0.392. The molecule has 172 valence electrons. The lowest BCUT2D eigenvalue weighted by atomic mass is 10.0. The van der Waals surface area contributed by atoms with Gasteiger partial charge in [0.2, 0.25) is 17.5 Å². The lowest BCUT2D eigenvalue weighted by molar-refractivity contribution is -0.150. The maximum atomic E-state index is 12.8. The van der Waals surface area contributed by atoms with Gasteiger partial charge in [-0.3, -0.25) is 19.3 Å². The molecule has 4 heterocycles. The van der Waals surface area contributed by atoms with Crippen molar-refractivity contribution < 1.29 is 24.3 Å². The molecule has 15 heteroatoms. The summed E-state index contributed by atoms with van der Waals surface area (Å²) in [6.45, 7) is 0. The number of β-lactam (4-membered cyclic amide) rings is 1. The Balaban J connectivity index is 1.41. The van der Waals surface area contributed by atoms with E-state index in [1.807, 2.05) is 0 Å². The number of amides is 3. The minimum Gasteiger partial charge on any atom is -0.477 e. The molecule has 1 unspecified atom stereocenters. The van der Waals surface area contributed by atoms with Crippen molar-refractivity contribution in [3.63, 3.8) is 0 Å². The van der Waals surface area contributed by atoms with Crippen LogP contribution in [-0.2, 0) is 32.6 Å². The minimum absolute atomic E-state index is 0.0637. The second-order valence-electron chi connectivity index (χ2n) is 7.04. The number of aromatic nitrogens is 5. The number of tetrazole rings is 1. The number of hydrogen-bond donors (Lipinski definition) is 3. The van der Waals surface area contributed by atoms with Crippen LogP contribution in [0.2, 0.25) is 0 Å². The van der Waals surface area contributed by atoms with Crippen LogP contribution >= 0.6 is 23.5 Å². The van der Waals surface area contributed by atoms with Crippen molar-refractivity contribution in [2.45, 2.75) is 23.0 Å². The van der Waals surface area contributed by atoms with Crippen LogP contribution in [0.3, 0.4) is 0 Å². The fourth-order valence-electron chi connectivity index (χ4n) is 3.40. The molecule has 3 N–H and O–H groups in total. The summed E-state index contributed by atoms with van der Waals surface area (Å²) in [5.41, 5.74) is 0.938. The number of rotatable bonds is 9. The van der Waals surface area contributed by atoms with Crippen molar-refractivity contribution in [2.75, 3.05) is 16.8 Å². The lowest BCUT2D eigenvalue weighted by Gasteiger charge is -2.49. The number of carboxylic acid groups (broad SMARTS) is 1. The average molecular weight is 491 g/mol. The quantitative estimate of drug-likeness (QED) is 0.229. The van der Waals surface area contributed by atoms with E-state index in [4.69, 9.17) is 0 Å². The van der Waals surface area contributed by atoms with E-state index < -0.39 is 29.2 Å². The molecular formula is C18H18N8O5S2. The molecule has 2 aromatic rings. The number of thioether (sulfide) groups is 2. The zero-order chi connectivity index (χ0) is 23.5. The van der Waals surface area contributed by atoms with Crippen molar-refractivity contribution in [3.8, 4) is 0 Å². The Morgan fingerprint density at radius 1 is 1.39 bits per heavy atom.